The molecule has 19 heavy (non-hydrogen) atoms. The number of hydrogen-bond donors (Lipinski definition) is 0. The lowest BCUT2D eigenvalue weighted by atomic mass is 10.2. The van der Waals surface area contributed by atoms with Crippen LogP contribution in [0.2, 0.25) is 5.02 Å². The van der Waals surface area contributed by atoms with E-state index < -0.39 is 0 Å². The fourth-order valence-electron chi connectivity index (χ4n) is 1.75. The number of hydrogen-bond acceptors (Lipinski definition) is 2. The number of rotatable bonds is 2. The Morgan fingerprint density at radius 3 is 2.21 bits per heavy atom. The van der Waals surface area contributed by atoms with Gasteiger partial charge in [0, 0.05) is 16.1 Å². The van der Waals surface area contributed by atoms with Gasteiger partial charge >= 0.3 is 0 Å². The van der Waals surface area contributed by atoms with Gasteiger partial charge in [-0.05, 0) is 36.4 Å². The standard InChI is InChI=1S/C15H9ClFNO/c16-12-5-1-10(2-6-12)14-9-19-15(18-14)11-3-7-13(17)8-4-11/h1-9H. The maximum atomic E-state index is 12.8. The highest BCUT2D eigenvalue weighted by atomic mass is 35.5. The third-order valence-corrected chi connectivity index (χ3v) is 2.99. The first kappa shape index (κ1) is 11.9. The fourth-order valence-corrected chi connectivity index (χ4v) is 1.88. The second kappa shape index (κ2) is 4.86. The lowest BCUT2D eigenvalue weighted by Gasteiger charge is -1.95. The van der Waals surface area contributed by atoms with Crippen LogP contribution in [0, 0.1) is 5.82 Å². The van der Waals surface area contributed by atoms with E-state index in [0.717, 1.165) is 16.8 Å². The lowest BCUT2D eigenvalue weighted by Crippen LogP contribution is -1.80. The van der Waals surface area contributed by atoms with E-state index in [9.17, 15) is 4.39 Å². The highest BCUT2D eigenvalue weighted by molar-refractivity contribution is 6.30. The first-order valence-electron chi connectivity index (χ1n) is 5.70. The molecule has 0 radical (unpaired) electrons. The van der Waals surface area contributed by atoms with Crippen molar-refractivity contribution in [3.8, 4) is 22.7 Å². The topological polar surface area (TPSA) is 26.0 Å². The van der Waals surface area contributed by atoms with Crippen LogP contribution in [0.5, 0.6) is 0 Å². The zero-order valence-electron chi connectivity index (χ0n) is 9.81. The number of aromatic nitrogens is 1. The van der Waals surface area contributed by atoms with Crippen LogP contribution < -0.4 is 0 Å². The Balaban J connectivity index is 1.95. The molecular formula is C15H9ClFNO. The summed E-state index contributed by atoms with van der Waals surface area (Å²) in [5.74, 6) is 0.179. The summed E-state index contributed by atoms with van der Waals surface area (Å²) < 4.78 is 18.3. The van der Waals surface area contributed by atoms with E-state index in [1.165, 1.54) is 12.1 Å². The first-order valence-corrected chi connectivity index (χ1v) is 6.07. The first-order chi connectivity index (χ1) is 9.22. The Kier molecular flexibility index (Phi) is 3.05. The molecule has 0 aliphatic carbocycles. The van der Waals surface area contributed by atoms with Crippen molar-refractivity contribution >= 4 is 11.6 Å². The molecule has 2 aromatic carbocycles. The van der Waals surface area contributed by atoms with Gasteiger partial charge in [-0.1, -0.05) is 23.7 Å². The Morgan fingerprint density at radius 1 is 0.895 bits per heavy atom. The SMILES string of the molecule is Fc1ccc(-c2nc(-c3ccc(Cl)cc3)co2)cc1. The molecule has 0 aliphatic heterocycles. The van der Waals surface area contributed by atoms with E-state index in [1.807, 2.05) is 12.1 Å². The van der Waals surface area contributed by atoms with Crippen molar-refractivity contribution in [1.82, 2.24) is 4.98 Å². The normalized spacial score (nSPS) is 10.6. The minimum Gasteiger partial charge on any atom is -0.444 e. The molecule has 0 spiro atoms. The molecule has 0 amide bonds. The molecule has 3 rings (SSSR count). The molecule has 0 saturated carbocycles. The average Bonchev–Trinajstić information content (AvgIpc) is 2.90. The van der Waals surface area contributed by atoms with E-state index >= 15 is 0 Å². The van der Waals surface area contributed by atoms with E-state index in [4.69, 9.17) is 16.0 Å². The van der Waals surface area contributed by atoms with Gasteiger partial charge in [0.05, 0.1) is 0 Å². The van der Waals surface area contributed by atoms with Crippen LogP contribution in [0.4, 0.5) is 4.39 Å². The summed E-state index contributed by atoms with van der Waals surface area (Å²) in [5, 5.41) is 0.672. The highest BCUT2D eigenvalue weighted by Gasteiger charge is 2.08. The third-order valence-electron chi connectivity index (χ3n) is 2.74. The van der Waals surface area contributed by atoms with Crippen LogP contribution >= 0.6 is 11.6 Å². The van der Waals surface area contributed by atoms with Gasteiger partial charge < -0.3 is 4.42 Å². The summed E-state index contributed by atoms with van der Waals surface area (Å²) in [5.41, 5.74) is 2.37. The zero-order valence-corrected chi connectivity index (χ0v) is 10.6. The maximum absolute atomic E-state index is 12.8. The van der Waals surface area contributed by atoms with Gasteiger partial charge in [-0.25, -0.2) is 9.37 Å². The van der Waals surface area contributed by atoms with Crippen molar-refractivity contribution in [2.45, 2.75) is 0 Å². The predicted octanol–water partition coefficient (Wildman–Crippen LogP) is 4.80. The van der Waals surface area contributed by atoms with Crippen molar-refractivity contribution in [1.29, 1.82) is 0 Å². The van der Waals surface area contributed by atoms with Crippen molar-refractivity contribution in [2.75, 3.05) is 0 Å². The molecule has 0 atom stereocenters. The largest absolute Gasteiger partial charge is 0.444 e. The van der Waals surface area contributed by atoms with Gasteiger partial charge in [-0.15, -0.1) is 0 Å². The molecule has 0 aliphatic rings. The molecule has 3 aromatic rings. The molecule has 4 heteroatoms. The van der Waals surface area contributed by atoms with Gasteiger partial charge in [-0.3, -0.25) is 0 Å². The van der Waals surface area contributed by atoms with Gasteiger partial charge in [0.15, 0.2) is 0 Å². The third kappa shape index (κ3) is 2.51. The van der Waals surface area contributed by atoms with Crippen molar-refractivity contribution in [2.24, 2.45) is 0 Å². The molecule has 0 saturated heterocycles. The predicted molar refractivity (Wildman–Crippen MR) is 72.3 cm³/mol. The Bertz CT molecular complexity index is 629. The van der Waals surface area contributed by atoms with Crippen LogP contribution in [-0.2, 0) is 0 Å². The van der Waals surface area contributed by atoms with E-state index in [1.54, 1.807) is 30.5 Å². The summed E-state index contributed by atoms with van der Waals surface area (Å²) in [4.78, 5) is 4.38. The zero-order chi connectivity index (χ0) is 13.2. The summed E-state index contributed by atoms with van der Waals surface area (Å²) in [6, 6.07) is 13.3. The molecule has 0 N–H and O–H groups in total. The van der Waals surface area contributed by atoms with Gasteiger partial charge in [-0.2, -0.15) is 0 Å². The molecular weight excluding hydrogens is 265 g/mol. The van der Waals surface area contributed by atoms with Gasteiger partial charge in [0.1, 0.15) is 17.8 Å². The maximum Gasteiger partial charge on any atom is 0.226 e. The number of halogens is 2. The van der Waals surface area contributed by atoms with E-state index in [0.29, 0.717) is 10.9 Å². The number of nitrogens with zero attached hydrogens (tertiary/aromatic N) is 1. The highest BCUT2D eigenvalue weighted by Crippen LogP contribution is 2.25. The summed E-state index contributed by atoms with van der Waals surface area (Å²) in [6.45, 7) is 0. The molecule has 0 unspecified atom stereocenters. The Hall–Kier alpha value is -2.13. The van der Waals surface area contributed by atoms with Crippen molar-refractivity contribution in [3.05, 3.63) is 65.6 Å². The van der Waals surface area contributed by atoms with Crippen LogP contribution in [0.25, 0.3) is 22.7 Å². The second-order valence-corrected chi connectivity index (χ2v) is 4.49. The lowest BCUT2D eigenvalue weighted by molar-refractivity contribution is 0.574. The van der Waals surface area contributed by atoms with Crippen molar-refractivity contribution in [3.63, 3.8) is 0 Å². The molecule has 2 nitrogen and oxygen atoms in total. The van der Waals surface area contributed by atoms with E-state index in [2.05, 4.69) is 4.98 Å². The van der Waals surface area contributed by atoms with E-state index in [-0.39, 0.29) is 5.82 Å². The van der Waals surface area contributed by atoms with Crippen molar-refractivity contribution < 1.29 is 8.81 Å². The Morgan fingerprint density at radius 2 is 1.53 bits per heavy atom. The van der Waals surface area contributed by atoms with Crippen LogP contribution in [-0.4, -0.2) is 4.98 Å². The molecule has 94 valence electrons. The summed E-state index contributed by atoms with van der Waals surface area (Å²) >= 11 is 5.84. The quantitative estimate of drug-likeness (QED) is 0.670. The number of benzene rings is 2. The smallest absolute Gasteiger partial charge is 0.226 e. The average molecular weight is 274 g/mol. The van der Waals surface area contributed by atoms with Gasteiger partial charge in [0.2, 0.25) is 5.89 Å². The molecule has 1 heterocycles. The second-order valence-electron chi connectivity index (χ2n) is 4.05. The van der Waals surface area contributed by atoms with Crippen LogP contribution in [0.3, 0.4) is 0 Å². The summed E-state index contributed by atoms with van der Waals surface area (Å²) in [7, 11) is 0. The molecule has 1 aromatic heterocycles. The number of oxazole rings is 1. The fraction of sp³-hybridized carbons (Fsp3) is 0. The van der Waals surface area contributed by atoms with Crippen LogP contribution in [0.15, 0.2) is 59.2 Å². The minimum absolute atomic E-state index is 0.284. The van der Waals surface area contributed by atoms with Crippen LogP contribution in [0.1, 0.15) is 0 Å². The summed E-state index contributed by atoms with van der Waals surface area (Å²) in [6.07, 6.45) is 1.57. The monoisotopic (exact) mass is 273 g/mol. The van der Waals surface area contributed by atoms with Gasteiger partial charge in [0.25, 0.3) is 0 Å². The molecule has 0 fully saturated rings. The Labute approximate surface area is 114 Å². The molecule has 0 bridgehead atoms. The minimum atomic E-state index is -0.284.